The van der Waals surface area contributed by atoms with Crippen LogP contribution in [0.1, 0.15) is 27.2 Å². The van der Waals surface area contributed by atoms with Gasteiger partial charge in [0.25, 0.3) is 0 Å². The normalized spacial score (nSPS) is 11.0. The molecule has 128 valence electrons. The number of halogens is 1. The number of carbonyl (C=O) groups is 3. The molecule has 6 nitrogen and oxygen atoms in total. The van der Waals surface area contributed by atoms with Gasteiger partial charge in [0.2, 0.25) is 0 Å². The van der Waals surface area contributed by atoms with Crippen LogP contribution in [0.3, 0.4) is 0 Å². The quantitative estimate of drug-likeness (QED) is 0.206. The lowest BCUT2D eigenvalue weighted by molar-refractivity contribution is -0.326. The predicted octanol–water partition coefficient (Wildman–Crippen LogP) is 2.13. The summed E-state index contributed by atoms with van der Waals surface area (Å²) in [7, 11) is -0.995. The van der Waals surface area contributed by atoms with Gasteiger partial charge >= 0.3 is 23.9 Å². The highest BCUT2D eigenvalue weighted by Crippen LogP contribution is 2.26. The average Bonchev–Trinajstić information content (AvgIpc) is 2.44. The topological polar surface area (TPSA) is 78.9 Å². The summed E-state index contributed by atoms with van der Waals surface area (Å²) in [5, 5.41) is 0. The molecule has 0 rings (SSSR count). The van der Waals surface area contributed by atoms with Crippen molar-refractivity contribution in [1.29, 1.82) is 0 Å². The molecule has 0 saturated carbocycles. The zero-order valence-electron chi connectivity index (χ0n) is 13.6. The minimum Gasteiger partial charge on any atom is -0.385 e. The molecule has 0 aromatic heterocycles. The molecular formula is C15H21ClO6Si. The molecule has 0 radical (unpaired) electrons. The maximum atomic E-state index is 11.9. The van der Waals surface area contributed by atoms with Gasteiger partial charge in [0.05, 0.1) is 6.42 Å². The largest absolute Gasteiger partial charge is 0.423 e. The van der Waals surface area contributed by atoms with Crippen molar-refractivity contribution >= 4 is 37.8 Å². The van der Waals surface area contributed by atoms with Crippen molar-refractivity contribution in [1.82, 2.24) is 0 Å². The molecule has 0 aliphatic rings. The third kappa shape index (κ3) is 7.29. The van der Waals surface area contributed by atoms with E-state index < -0.39 is 32.7 Å². The van der Waals surface area contributed by atoms with E-state index in [0.717, 1.165) is 0 Å². The van der Waals surface area contributed by atoms with E-state index in [2.05, 4.69) is 19.7 Å². The van der Waals surface area contributed by atoms with E-state index in [-0.39, 0.29) is 23.1 Å². The van der Waals surface area contributed by atoms with Crippen LogP contribution in [-0.4, -0.2) is 32.7 Å². The second kappa shape index (κ2) is 9.31. The van der Waals surface area contributed by atoms with Crippen LogP contribution in [0.25, 0.3) is 0 Å². The standard InChI is InChI=1S/C15H21ClO6Si/c1-9(2)12(17)20-15(7-8-23-16,21-13(18)10(3)4)22-14(19)11(5)6/h1,3,5,7-8,23H2,2,4,6H3. The Hall–Kier alpha value is -1.86. The van der Waals surface area contributed by atoms with Crippen LogP contribution in [0.5, 0.6) is 0 Å². The second-order valence-electron chi connectivity index (χ2n) is 4.99. The van der Waals surface area contributed by atoms with Gasteiger partial charge in [-0.2, -0.15) is 11.1 Å². The fraction of sp³-hybridized carbons (Fsp3) is 0.400. The van der Waals surface area contributed by atoms with Crippen molar-refractivity contribution in [2.75, 3.05) is 0 Å². The van der Waals surface area contributed by atoms with Crippen LogP contribution < -0.4 is 0 Å². The number of hydrogen-bond donors (Lipinski definition) is 0. The Balaban J connectivity index is 5.67. The van der Waals surface area contributed by atoms with Gasteiger partial charge in [0, 0.05) is 16.7 Å². The van der Waals surface area contributed by atoms with E-state index >= 15 is 0 Å². The van der Waals surface area contributed by atoms with Gasteiger partial charge in [-0.1, -0.05) is 19.7 Å². The Kier molecular flexibility index (Phi) is 8.56. The zero-order valence-corrected chi connectivity index (χ0v) is 15.7. The van der Waals surface area contributed by atoms with E-state index in [4.69, 9.17) is 25.3 Å². The monoisotopic (exact) mass is 360 g/mol. The van der Waals surface area contributed by atoms with Crippen molar-refractivity contribution in [3.63, 3.8) is 0 Å². The third-order valence-corrected chi connectivity index (χ3v) is 3.83. The van der Waals surface area contributed by atoms with Crippen molar-refractivity contribution < 1.29 is 28.6 Å². The van der Waals surface area contributed by atoms with Crippen LogP contribution in [-0.2, 0) is 28.6 Å². The van der Waals surface area contributed by atoms with Crippen molar-refractivity contribution in [3.05, 3.63) is 36.5 Å². The molecule has 0 fully saturated rings. The molecule has 0 spiro atoms. The predicted molar refractivity (Wildman–Crippen MR) is 89.3 cm³/mol. The minimum absolute atomic E-state index is 0.0511. The molecular weight excluding hydrogens is 340 g/mol. The molecule has 23 heavy (non-hydrogen) atoms. The zero-order chi connectivity index (χ0) is 18.2. The van der Waals surface area contributed by atoms with Crippen molar-refractivity contribution in [3.8, 4) is 0 Å². The summed E-state index contributed by atoms with van der Waals surface area (Å²) in [6, 6.07) is 0.387. The molecule has 0 bridgehead atoms. The van der Waals surface area contributed by atoms with Crippen LogP contribution in [0.15, 0.2) is 36.5 Å². The summed E-state index contributed by atoms with van der Waals surface area (Å²) in [5.74, 6) is -4.83. The Morgan fingerprint density at radius 1 is 0.870 bits per heavy atom. The molecule has 8 heteroatoms. The SMILES string of the molecule is C=C(C)C(=O)OC(CC[SiH2]Cl)(OC(=O)C(=C)C)OC(=O)C(=C)C. The summed E-state index contributed by atoms with van der Waals surface area (Å²) in [6.07, 6.45) is -0.0835. The van der Waals surface area contributed by atoms with Gasteiger partial charge < -0.3 is 14.2 Å². The Bertz CT molecular complexity index is 471. The first kappa shape index (κ1) is 21.1. The third-order valence-electron chi connectivity index (χ3n) is 2.41. The minimum atomic E-state index is -2.22. The molecule has 0 amide bonds. The highest BCUT2D eigenvalue weighted by Gasteiger charge is 2.43. The van der Waals surface area contributed by atoms with Crippen LogP contribution in [0.2, 0.25) is 6.04 Å². The van der Waals surface area contributed by atoms with E-state index in [0.29, 0.717) is 6.04 Å². The first-order valence-corrected chi connectivity index (χ1v) is 9.91. The summed E-state index contributed by atoms with van der Waals surface area (Å²) in [4.78, 5) is 35.6. The van der Waals surface area contributed by atoms with Crippen molar-refractivity contribution in [2.45, 2.75) is 39.2 Å². The Morgan fingerprint density at radius 2 is 1.17 bits per heavy atom. The number of rotatable bonds is 9. The van der Waals surface area contributed by atoms with Crippen LogP contribution in [0, 0.1) is 0 Å². The lowest BCUT2D eigenvalue weighted by Gasteiger charge is -2.31. The highest BCUT2D eigenvalue weighted by atomic mass is 35.6. The summed E-state index contributed by atoms with van der Waals surface area (Å²) in [6.45, 7) is 14.5. The maximum absolute atomic E-state index is 11.9. The lowest BCUT2D eigenvalue weighted by atomic mass is 10.3. The Morgan fingerprint density at radius 3 is 1.39 bits per heavy atom. The summed E-state index contributed by atoms with van der Waals surface area (Å²) < 4.78 is 15.3. The maximum Gasteiger partial charge on any atom is 0.423 e. The second-order valence-corrected chi connectivity index (χ2v) is 7.20. The van der Waals surface area contributed by atoms with E-state index in [1.807, 2.05) is 0 Å². The van der Waals surface area contributed by atoms with Gasteiger partial charge in [-0.25, -0.2) is 14.4 Å². The van der Waals surface area contributed by atoms with Gasteiger partial charge in [-0.3, -0.25) is 0 Å². The average molecular weight is 361 g/mol. The van der Waals surface area contributed by atoms with Crippen LogP contribution in [0.4, 0.5) is 0 Å². The first-order chi connectivity index (χ1) is 10.5. The lowest BCUT2D eigenvalue weighted by Crippen LogP contribution is -2.45. The van der Waals surface area contributed by atoms with Gasteiger partial charge in [0.15, 0.2) is 0 Å². The van der Waals surface area contributed by atoms with Crippen LogP contribution >= 0.6 is 11.1 Å². The number of carbonyl (C=O) groups excluding carboxylic acids is 3. The number of hydrogen-bond acceptors (Lipinski definition) is 6. The molecule has 0 aromatic carbocycles. The van der Waals surface area contributed by atoms with E-state index in [1.54, 1.807) is 0 Å². The van der Waals surface area contributed by atoms with Gasteiger partial charge in [-0.05, 0) is 26.8 Å². The first-order valence-electron chi connectivity index (χ1n) is 6.77. The number of ether oxygens (including phenoxy) is 3. The molecule has 0 saturated heterocycles. The molecule has 0 atom stereocenters. The molecule has 0 unspecified atom stereocenters. The smallest absolute Gasteiger partial charge is 0.385 e. The summed E-state index contributed by atoms with van der Waals surface area (Å²) in [5.41, 5.74) is 0.153. The van der Waals surface area contributed by atoms with E-state index in [1.165, 1.54) is 20.8 Å². The fourth-order valence-corrected chi connectivity index (χ4v) is 2.15. The molecule has 0 N–H and O–H groups in total. The summed E-state index contributed by atoms with van der Waals surface area (Å²) >= 11 is 5.77. The van der Waals surface area contributed by atoms with Gasteiger partial charge in [0.1, 0.15) is 8.83 Å². The molecule has 0 heterocycles. The Labute approximate surface area is 142 Å². The molecule has 0 aliphatic carbocycles. The molecule has 0 aliphatic heterocycles. The number of esters is 3. The molecule has 0 aromatic rings. The van der Waals surface area contributed by atoms with Crippen molar-refractivity contribution in [2.24, 2.45) is 0 Å². The highest BCUT2D eigenvalue weighted by molar-refractivity contribution is 6.93. The van der Waals surface area contributed by atoms with Gasteiger partial charge in [-0.15, -0.1) is 0 Å². The van der Waals surface area contributed by atoms with E-state index in [9.17, 15) is 14.4 Å². The fourth-order valence-electron chi connectivity index (χ4n) is 1.18.